The summed E-state index contributed by atoms with van der Waals surface area (Å²) in [7, 11) is 2.74. The van der Waals surface area contributed by atoms with Crippen molar-refractivity contribution in [2.45, 2.75) is 6.54 Å². The zero-order valence-electron chi connectivity index (χ0n) is 8.48. The van der Waals surface area contributed by atoms with E-state index in [0.29, 0.717) is 0 Å². The van der Waals surface area contributed by atoms with E-state index in [2.05, 4.69) is 51.0 Å². The lowest BCUT2D eigenvalue weighted by atomic mass is 10.2. The molecule has 1 unspecified atom stereocenters. The highest BCUT2D eigenvalue weighted by molar-refractivity contribution is 7.28. The number of anilines is 1. The van der Waals surface area contributed by atoms with Gasteiger partial charge >= 0.3 is 0 Å². The molecule has 2 heteroatoms. The van der Waals surface area contributed by atoms with Crippen molar-refractivity contribution in [3.8, 4) is 0 Å². The third-order valence-corrected chi connectivity index (χ3v) is 2.79. The Bertz CT molecular complexity index is 426. The lowest BCUT2D eigenvalue weighted by molar-refractivity contribution is 1.15. The van der Waals surface area contributed by atoms with Crippen LogP contribution in [-0.2, 0) is 6.54 Å². The highest BCUT2D eigenvalue weighted by Crippen LogP contribution is 2.09. The number of hydrogen-bond donors (Lipinski definition) is 1. The van der Waals surface area contributed by atoms with Crippen LogP contribution in [0.5, 0.6) is 0 Å². The summed E-state index contributed by atoms with van der Waals surface area (Å²) in [6, 6.07) is 18.7. The molecule has 2 rings (SSSR count). The Morgan fingerprint density at radius 3 is 2.27 bits per heavy atom. The number of nitrogens with one attached hydrogen (secondary N) is 1. The fourth-order valence-electron chi connectivity index (χ4n) is 1.45. The van der Waals surface area contributed by atoms with Crippen molar-refractivity contribution in [2.24, 2.45) is 0 Å². The largest absolute Gasteiger partial charge is 0.380 e. The molecular formula is C13H14NP. The van der Waals surface area contributed by atoms with Gasteiger partial charge in [0.25, 0.3) is 0 Å². The van der Waals surface area contributed by atoms with Crippen LogP contribution in [0.4, 0.5) is 5.69 Å². The Balaban J connectivity index is 2.03. The van der Waals surface area contributed by atoms with Crippen LogP contribution >= 0.6 is 9.24 Å². The first kappa shape index (κ1) is 10.2. The third kappa shape index (κ3) is 2.81. The van der Waals surface area contributed by atoms with Gasteiger partial charge in [0.05, 0.1) is 0 Å². The summed E-state index contributed by atoms with van der Waals surface area (Å²) in [6.45, 7) is 0.867. The summed E-state index contributed by atoms with van der Waals surface area (Å²) in [6.07, 6.45) is 0. The second kappa shape index (κ2) is 4.95. The molecule has 0 aliphatic carbocycles. The molecule has 1 N–H and O–H groups in total. The van der Waals surface area contributed by atoms with Gasteiger partial charge in [0.15, 0.2) is 0 Å². The van der Waals surface area contributed by atoms with E-state index in [1.54, 1.807) is 0 Å². The van der Waals surface area contributed by atoms with Gasteiger partial charge in [0.2, 0.25) is 0 Å². The molecule has 0 bridgehead atoms. The van der Waals surface area contributed by atoms with Crippen molar-refractivity contribution in [3.63, 3.8) is 0 Å². The van der Waals surface area contributed by atoms with Crippen LogP contribution in [0.1, 0.15) is 5.56 Å². The highest BCUT2D eigenvalue weighted by atomic mass is 31.0. The van der Waals surface area contributed by atoms with Crippen LogP contribution in [0, 0.1) is 0 Å². The Labute approximate surface area is 92.7 Å². The first-order valence-electron chi connectivity index (χ1n) is 4.98. The molecule has 0 heterocycles. The minimum Gasteiger partial charge on any atom is -0.380 e. The number of rotatable bonds is 3. The third-order valence-electron chi connectivity index (χ3n) is 2.29. The van der Waals surface area contributed by atoms with Gasteiger partial charge in [-0.1, -0.05) is 48.5 Å². The first-order valence-corrected chi connectivity index (χ1v) is 5.56. The van der Waals surface area contributed by atoms with E-state index in [-0.39, 0.29) is 0 Å². The van der Waals surface area contributed by atoms with Crippen molar-refractivity contribution < 1.29 is 0 Å². The van der Waals surface area contributed by atoms with Crippen molar-refractivity contribution in [3.05, 3.63) is 60.2 Å². The topological polar surface area (TPSA) is 12.0 Å². The van der Waals surface area contributed by atoms with E-state index in [1.807, 2.05) is 18.2 Å². The molecule has 0 saturated carbocycles. The minimum absolute atomic E-state index is 0.867. The summed E-state index contributed by atoms with van der Waals surface area (Å²) in [5.74, 6) is 0. The average Bonchev–Trinajstić information content (AvgIpc) is 2.29. The molecule has 0 aromatic heterocycles. The lowest BCUT2D eigenvalue weighted by Gasteiger charge is -2.08. The molecule has 1 nitrogen and oxygen atoms in total. The summed E-state index contributed by atoms with van der Waals surface area (Å²) in [5, 5.41) is 4.61. The molecule has 15 heavy (non-hydrogen) atoms. The fourth-order valence-corrected chi connectivity index (χ4v) is 1.76. The van der Waals surface area contributed by atoms with E-state index in [0.717, 1.165) is 6.54 Å². The molecule has 1 atom stereocenters. The van der Waals surface area contributed by atoms with Crippen LogP contribution in [0.25, 0.3) is 0 Å². The smallest absolute Gasteiger partial charge is 0.0415 e. The molecule has 0 spiro atoms. The van der Waals surface area contributed by atoms with Gasteiger partial charge in [-0.15, -0.1) is 9.24 Å². The second-order valence-corrected chi connectivity index (χ2v) is 4.05. The van der Waals surface area contributed by atoms with Crippen LogP contribution in [-0.4, -0.2) is 0 Å². The Hall–Kier alpha value is -1.33. The van der Waals surface area contributed by atoms with Gasteiger partial charge in [0, 0.05) is 12.2 Å². The lowest BCUT2D eigenvalue weighted by Crippen LogP contribution is -2.06. The zero-order valence-corrected chi connectivity index (χ0v) is 9.64. The van der Waals surface area contributed by atoms with Crippen molar-refractivity contribution >= 4 is 20.2 Å². The molecule has 0 amide bonds. The maximum atomic E-state index is 3.41. The van der Waals surface area contributed by atoms with Crippen LogP contribution in [0.2, 0.25) is 0 Å². The molecule has 2 aromatic carbocycles. The van der Waals surface area contributed by atoms with E-state index in [1.165, 1.54) is 16.6 Å². The highest BCUT2D eigenvalue weighted by Gasteiger charge is 1.95. The summed E-state index contributed by atoms with van der Waals surface area (Å²) < 4.78 is 0. The van der Waals surface area contributed by atoms with Crippen molar-refractivity contribution in [2.75, 3.05) is 5.32 Å². The van der Waals surface area contributed by atoms with Crippen LogP contribution < -0.4 is 10.6 Å². The van der Waals surface area contributed by atoms with Gasteiger partial charge in [-0.3, -0.25) is 0 Å². The average molecular weight is 215 g/mol. The fraction of sp³-hybridized carbons (Fsp3) is 0.0769. The molecule has 0 saturated heterocycles. The molecule has 0 aliphatic heterocycles. The quantitative estimate of drug-likeness (QED) is 0.776. The van der Waals surface area contributed by atoms with E-state index < -0.39 is 0 Å². The van der Waals surface area contributed by atoms with Gasteiger partial charge in [-0.25, -0.2) is 0 Å². The van der Waals surface area contributed by atoms with Gasteiger partial charge in [-0.05, 0) is 16.9 Å². The normalized spacial score (nSPS) is 9.93. The second-order valence-electron chi connectivity index (χ2n) is 3.43. The maximum absolute atomic E-state index is 3.41. The van der Waals surface area contributed by atoms with Gasteiger partial charge in [0.1, 0.15) is 0 Å². The van der Waals surface area contributed by atoms with E-state index in [9.17, 15) is 0 Å². The Kier molecular flexibility index (Phi) is 3.37. The molecular weight excluding hydrogens is 201 g/mol. The molecule has 0 radical (unpaired) electrons. The van der Waals surface area contributed by atoms with Crippen LogP contribution in [0.15, 0.2) is 54.6 Å². The predicted octanol–water partition coefficient (Wildman–Crippen LogP) is 2.80. The molecule has 0 aliphatic rings. The first-order chi connectivity index (χ1) is 7.36. The Morgan fingerprint density at radius 1 is 0.867 bits per heavy atom. The van der Waals surface area contributed by atoms with Crippen molar-refractivity contribution in [1.29, 1.82) is 0 Å². The van der Waals surface area contributed by atoms with Crippen molar-refractivity contribution in [1.82, 2.24) is 0 Å². The van der Waals surface area contributed by atoms with Crippen LogP contribution in [0.3, 0.4) is 0 Å². The van der Waals surface area contributed by atoms with E-state index >= 15 is 0 Å². The Morgan fingerprint density at radius 2 is 1.53 bits per heavy atom. The monoisotopic (exact) mass is 215 g/mol. The summed E-state index contributed by atoms with van der Waals surface area (Å²) in [5.41, 5.74) is 2.47. The number of benzene rings is 2. The number of para-hydroxylation sites is 1. The zero-order chi connectivity index (χ0) is 10.5. The minimum atomic E-state index is 0.867. The predicted molar refractivity (Wildman–Crippen MR) is 69.6 cm³/mol. The molecule has 0 fully saturated rings. The molecule has 76 valence electrons. The summed E-state index contributed by atoms with van der Waals surface area (Å²) in [4.78, 5) is 0. The number of hydrogen-bond acceptors (Lipinski definition) is 1. The van der Waals surface area contributed by atoms with E-state index in [4.69, 9.17) is 0 Å². The SMILES string of the molecule is Pc1ccccc1NCc1ccccc1. The standard InChI is InChI=1S/C13H14NP/c15-13-9-5-4-8-12(13)14-10-11-6-2-1-3-7-11/h1-9,14H,10,15H2. The van der Waals surface area contributed by atoms with Gasteiger partial charge < -0.3 is 5.32 Å². The molecule has 2 aromatic rings. The van der Waals surface area contributed by atoms with Gasteiger partial charge in [-0.2, -0.15) is 0 Å². The maximum Gasteiger partial charge on any atom is 0.0415 e. The summed E-state index contributed by atoms with van der Waals surface area (Å²) >= 11 is 0.